The molecular weight excluding hydrogens is 206 g/mol. The zero-order valence-corrected chi connectivity index (χ0v) is 9.24. The molecule has 0 aromatic carbocycles. The third-order valence-corrected chi connectivity index (χ3v) is 3.36. The van der Waals surface area contributed by atoms with Gasteiger partial charge in [0.25, 0.3) is 0 Å². The molecule has 1 aromatic heterocycles. The van der Waals surface area contributed by atoms with Crippen LogP contribution in [0.4, 0.5) is 5.82 Å². The van der Waals surface area contributed by atoms with E-state index in [1.54, 1.807) is 6.07 Å². The van der Waals surface area contributed by atoms with E-state index in [2.05, 4.69) is 15.0 Å². The van der Waals surface area contributed by atoms with Gasteiger partial charge in [0.15, 0.2) is 5.82 Å². The smallest absolute Gasteiger partial charge is 0.233 e. The number of rotatable bonds is 3. The Morgan fingerprint density at radius 2 is 2.25 bits per heavy atom. The number of nitrogens with two attached hydrogens (primary N) is 1. The van der Waals surface area contributed by atoms with Crippen LogP contribution >= 0.6 is 0 Å². The fraction of sp³-hybridized carbons (Fsp3) is 0.636. The van der Waals surface area contributed by atoms with Gasteiger partial charge in [-0.3, -0.25) is 4.79 Å². The molecule has 1 amide bonds. The summed E-state index contributed by atoms with van der Waals surface area (Å²) in [6.07, 6.45) is 6.51. The molecule has 1 aliphatic rings. The molecule has 0 saturated heterocycles. The van der Waals surface area contributed by atoms with Crippen LogP contribution in [0, 0.1) is 5.41 Å². The minimum atomic E-state index is -0.406. The molecule has 0 bridgehead atoms. The van der Waals surface area contributed by atoms with Crippen LogP contribution in [0.15, 0.2) is 16.9 Å². The van der Waals surface area contributed by atoms with Gasteiger partial charge in [-0.2, -0.15) is 0 Å². The average Bonchev–Trinajstić information content (AvgIpc) is 2.82. The van der Waals surface area contributed by atoms with Gasteiger partial charge in [0.2, 0.25) is 5.91 Å². The molecule has 1 fully saturated rings. The molecule has 0 unspecified atom stereocenters. The molecule has 0 atom stereocenters. The lowest BCUT2D eigenvalue weighted by molar-refractivity contribution is -0.126. The maximum atomic E-state index is 12.1. The number of amides is 1. The first-order valence-corrected chi connectivity index (χ1v) is 5.69. The molecule has 3 N–H and O–H groups in total. The van der Waals surface area contributed by atoms with Crippen LogP contribution in [-0.2, 0) is 4.79 Å². The minimum Gasteiger partial charge on any atom is -0.363 e. The lowest BCUT2D eigenvalue weighted by Gasteiger charge is -2.34. The molecular formula is C11H17N3O2. The highest BCUT2D eigenvalue weighted by molar-refractivity contribution is 5.94. The molecule has 2 rings (SSSR count). The van der Waals surface area contributed by atoms with E-state index < -0.39 is 5.41 Å². The Kier molecular flexibility index (Phi) is 3.24. The molecule has 16 heavy (non-hydrogen) atoms. The highest BCUT2D eigenvalue weighted by Crippen LogP contribution is 2.36. The van der Waals surface area contributed by atoms with Gasteiger partial charge in [0.1, 0.15) is 6.26 Å². The lowest BCUT2D eigenvalue weighted by atomic mass is 9.73. The molecule has 1 aliphatic carbocycles. The number of nitrogens with one attached hydrogen (secondary N) is 1. The SMILES string of the molecule is NCC1(C(=O)Nc2ccon2)CCCCC1. The number of aromatic nitrogens is 1. The van der Waals surface area contributed by atoms with Crippen molar-refractivity contribution in [2.24, 2.45) is 11.1 Å². The Hall–Kier alpha value is -1.36. The van der Waals surface area contributed by atoms with E-state index in [1.807, 2.05) is 0 Å². The third-order valence-electron chi connectivity index (χ3n) is 3.36. The minimum absolute atomic E-state index is 0.0244. The summed E-state index contributed by atoms with van der Waals surface area (Å²) in [6, 6.07) is 1.63. The van der Waals surface area contributed by atoms with Crippen molar-refractivity contribution in [3.63, 3.8) is 0 Å². The van der Waals surface area contributed by atoms with Crippen LogP contribution in [0.3, 0.4) is 0 Å². The monoisotopic (exact) mass is 223 g/mol. The van der Waals surface area contributed by atoms with Crippen LogP contribution in [0.1, 0.15) is 32.1 Å². The number of hydrogen-bond donors (Lipinski definition) is 2. The van der Waals surface area contributed by atoms with Crippen LogP contribution in [0.5, 0.6) is 0 Å². The lowest BCUT2D eigenvalue weighted by Crippen LogP contribution is -2.43. The highest BCUT2D eigenvalue weighted by atomic mass is 16.5. The average molecular weight is 223 g/mol. The van der Waals surface area contributed by atoms with Crippen molar-refractivity contribution in [1.29, 1.82) is 0 Å². The van der Waals surface area contributed by atoms with Crippen molar-refractivity contribution >= 4 is 11.7 Å². The maximum Gasteiger partial charge on any atom is 0.233 e. The van der Waals surface area contributed by atoms with Gasteiger partial charge in [-0.15, -0.1) is 0 Å². The van der Waals surface area contributed by atoms with E-state index in [0.29, 0.717) is 12.4 Å². The Morgan fingerprint density at radius 1 is 1.50 bits per heavy atom. The van der Waals surface area contributed by atoms with E-state index in [4.69, 9.17) is 5.73 Å². The topological polar surface area (TPSA) is 81.2 Å². The van der Waals surface area contributed by atoms with Gasteiger partial charge in [-0.05, 0) is 12.8 Å². The Labute approximate surface area is 94.4 Å². The largest absolute Gasteiger partial charge is 0.363 e. The molecule has 0 radical (unpaired) electrons. The molecule has 0 aliphatic heterocycles. The first-order valence-electron chi connectivity index (χ1n) is 5.69. The molecule has 0 spiro atoms. The van der Waals surface area contributed by atoms with Crippen LogP contribution in [0.25, 0.3) is 0 Å². The van der Waals surface area contributed by atoms with Crippen molar-refractivity contribution in [1.82, 2.24) is 5.16 Å². The van der Waals surface area contributed by atoms with E-state index in [9.17, 15) is 4.79 Å². The zero-order valence-electron chi connectivity index (χ0n) is 9.24. The number of carbonyl (C=O) groups is 1. The second kappa shape index (κ2) is 4.65. The summed E-state index contributed by atoms with van der Waals surface area (Å²) in [7, 11) is 0. The Morgan fingerprint density at radius 3 is 2.81 bits per heavy atom. The second-order valence-corrected chi connectivity index (χ2v) is 4.38. The summed E-state index contributed by atoms with van der Waals surface area (Å²) in [4.78, 5) is 12.1. The number of nitrogens with zero attached hydrogens (tertiary/aromatic N) is 1. The molecule has 5 heteroatoms. The third kappa shape index (κ3) is 2.09. The summed E-state index contributed by atoms with van der Waals surface area (Å²) in [5.74, 6) is 0.437. The fourth-order valence-electron chi connectivity index (χ4n) is 2.28. The molecule has 5 nitrogen and oxygen atoms in total. The number of carbonyl (C=O) groups excluding carboxylic acids is 1. The van der Waals surface area contributed by atoms with E-state index >= 15 is 0 Å². The summed E-state index contributed by atoms with van der Waals surface area (Å²) in [6.45, 7) is 0.399. The fourth-order valence-corrected chi connectivity index (χ4v) is 2.28. The number of anilines is 1. The second-order valence-electron chi connectivity index (χ2n) is 4.38. The van der Waals surface area contributed by atoms with Crippen LogP contribution in [-0.4, -0.2) is 17.6 Å². The van der Waals surface area contributed by atoms with Gasteiger partial charge < -0.3 is 15.6 Å². The maximum absolute atomic E-state index is 12.1. The van der Waals surface area contributed by atoms with Crippen molar-refractivity contribution in [3.05, 3.63) is 12.3 Å². The van der Waals surface area contributed by atoms with Crippen LogP contribution in [0.2, 0.25) is 0 Å². The van der Waals surface area contributed by atoms with Gasteiger partial charge in [-0.1, -0.05) is 24.4 Å². The number of hydrogen-bond acceptors (Lipinski definition) is 4. The summed E-state index contributed by atoms with van der Waals surface area (Å²) >= 11 is 0. The van der Waals surface area contributed by atoms with Crippen LogP contribution < -0.4 is 11.1 Å². The first-order chi connectivity index (χ1) is 7.77. The van der Waals surface area contributed by atoms with Gasteiger partial charge >= 0.3 is 0 Å². The van der Waals surface area contributed by atoms with Gasteiger partial charge in [0, 0.05) is 12.6 Å². The predicted molar refractivity (Wildman–Crippen MR) is 59.7 cm³/mol. The van der Waals surface area contributed by atoms with Crippen molar-refractivity contribution in [3.8, 4) is 0 Å². The predicted octanol–water partition coefficient (Wildman–Crippen LogP) is 1.52. The van der Waals surface area contributed by atoms with E-state index in [0.717, 1.165) is 25.7 Å². The summed E-state index contributed by atoms with van der Waals surface area (Å²) < 4.78 is 4.67. The zero-order chi connectivity index (χ0) is 11.4. The molecule has 1 aromatic rings. The molecule has 88 valence electrons. The highest BCUT2D eigenvalue weighted by Gasteiger charge is 2.38. The quantitative estimate of drug-likeness (QED) is 0.814. The molecule has 1 saturated carbocycles. The van der Waals surface area contributed by atoms with Gasteiger partial charge in [-0.25, -0.2) is 0 Å². The standard InChI is InChI=1S/C11H17N3O2/c12-8-11(5-2-1-3-6-11)10(15)13-9-4-7-16-14-9/h4,7H,1-3,5-6,8,12H2,(H,13,14,15). The van der Waals surface area contributed by atoms with Crippen molar-refractivity contribution in [2.45, 2.75) is 32.1 Å². The Balaban J connectivity index is 2.06. The van der Waals surface area contributed by atoms with Crippen molar-refractivity contribution in [2.75, 3.05) is 11.9 Å². The first kappa shape index (κ1) is 11.1. The van der Waals surface area contributed by atoms with Gasteiger partial charge in [0.05, 0.1) is 5.41 Å². The Bertz CT molecular complexity index is 342. The van der Waals surface area contributed by atoms with Crippen molar-refractivity contribution < 1.29 is 9.32 Å². The molecule has 1 heterocycles. The summed E-state index contributed by atoms with van der Waals surface area (Å²) in [5.41, 5.74) is 5.36. The van der Waals surface area contributed by atoms with E-state index in [-0.39, 0.29) is 5.91 Å². The van der Waals surface area contributed by atoms with E-state index in [1.165, 1.54) is 12.7 Å². The summed E-state index contributed by atoms with van der Waals surface area (Å²) in [5, 5.41) is 6.43. The normalized spacial score (nSPS) is 19.3.